The van der Waals surface area contributed by atoms with Crippen molar-refractivity contribution >= 4 is 17.6 Å². The van der Waals surface area contributed by atoms with E-state index in [1.807, 2.05) is 0 Å². The Labute approximate surface area is 135 Å². The Morgan fingerprint density at radius 1 is 1.33 bits per heavy atom. The van der Waals surface area contributed by atoms with Crippen molar-refractivity contribution in [3.05, 3.63) is 59.3 Å². The number of hydrogen-bond acceptors (Lipinski definition) is 5. The molecule has 0 bridgehead atoms. The van der Waals surface area contributed by atoms with Crippen molar-refractivity contribution in [1.29, 1.82) is 0 Å². The predicted molar refractivity (Wildman–Crippen MR) is 79.9 cm³/mol. The number of amides is 1. The van der Waals surface area contributed by atoms with Crippen LogP contribution in [0.15, 0.2) is 46.0 Å². The van der Waals surface area contributed by atoms with Crippen LogP contribution in [0.4, 0.5) is 4.39 Å². The molecule has 0 fully saturated rings. The first-order valence-electron chi connectivity index (χ1n) is 7.11. The maximum Gasteiger partial charge on any atom is 0.371 e. The molecule has 1 amide bonds. The molecule has 1 aliphatic heterocycles. The zero-order valence-electron chi connectivity index (χ0n) is 12.4. The third-order valence-electron chi connectivity index (χ3n) is 3.43. The van der Waals surface area contributed by atoms with Gasteiger partial charge in [0.15, 0.2) is 0 Å². The van der Waals surface area contributed by atoms with Gasteiger partial charge < -0.3 is 19.7 Å². The molecule has 24 heavy (non-hydrogen) atoms. The number of nitrogens with zero attached hydrogens (tertiary/aromatic N) is 1. The van der Waals surface area contributed by atoms with E-state index in [0.29, 0.717) is 17.0 Å². The molecule has 0 radical (unpaired) electrons. The van der Waals surface area contributed by atoms with Gasteiger partial charge in [-0.05, 0) is 24.3 Å². The van der Waals surface area contributed by atoms with Gasteiger partial charge in [0.25, 0.3) is 5.91 Å². The predicted octanol–water partition coefficient (Wildman–Crippen LogP) is 1.93. The monoisotopic (exact) mass is 332 g/mol. The minimum Gasteiger partial charge on any atom is -0.475 e. The number of furan rings is 1. The SMILES string of the molecule is O=C(O)c1ccc(CNC(=O)[C@H]2CC(c3cccc(F)c3)=NO2)o1. The summed E-state index contributed by atoms with van der Waals surface area (Å²) < 4.78 is 18.3. The van der Waals surface area contributed by atoms with Gasteiger partial charge in [0.2, 0.25) is 11.9 Å². The second kappa shape index (κ2) is 6.53. The van der Waals surface area contributed by atoms with Gasteiger partial charge in [0.1, 0.15) is 11.6 Å². The number of carboxylic acids is 1. The van der Waals surface area contributed by atoms with Crippen LogP contribution < -0.4 is 5.32 Å². The standard InChI is InChI=1S/C16H13FN2O5/c17-10-3-1-2-9(6-10)12-7-14(24-19-12)15(20)18-8-11-4-5-13(23-11)16(21)22/h1-6,14H,7-8H2,(H,18,20)(H,21,22)/t14-/m1/s1. The lowest BCUT2D eigenvalue weighted by Crippen LogP contribution is -2.34. The Balaban J connectivity index is 1.54. The lowest BCUT2D eigenvalue weighted by atomic mass is 10.0. The van der Waals surface area contributed by atoms with Crippen molar-refractivity contribution in [3.8, 4) is 0 Å². The number of aromatic carboxylic acids is 1. The number of rotatable bonds is 5. The van der Waals surface area contributed by atoms with Crippen LogP contribution in [0.5, 0.6) is 0 Å². The summed E-state index contributed by atoms with van der Waals surface area (Å²) in [5.41, 5.74) is 1.04. The van der Waals surface area contributed by atoms with E-state index < -0.39 is 23.8 Å². The normalized spacial score (nSPS) is 16.4. The average molecular weight is 332 g/mol. The molecule has 7 nitrogen and oxygen atoms in total. The summed E-state index contributed by atoms with van der Waals surface area (Å²) >= 11 is 0. The summed E-state index contributed by atoms with van der Waals surface area (Å²) in [6.45, 7) is 0.0290. The van der Waals surface area contributed by atoms with Crippen LogP contribution in [-0.4, -0.2) is 28.8 Å². The smallest absolute Gasteiger partial charge is 0.371 e. The summed E-state index contributed by atoms with van der Waals surface area (Å²) in [4.78, 5) is 27.9. The number of carboxylic acid groups (broad SMARTS) is 1. The van der Waals surface area contributed by atoms with Gasteiger partial charge >= 0.3 is 5.97 Å². The molecule has 2 N–H and O–H groups in total. The van der Waals surface area contributed by atoms with Gasteiger partial charge in [0, 0.05) is 12.0 Å². The number of nitrogens with one attached hydrogen (secondary N) is 1. The molecule has 0 saturated heterocycles. The van der Waals surface area contributed by atoms with Crippen LogP contribution in [-0.2, 0) is 16.2 Å². The number of benzene rings is 1. The van der Waals surface area contributed by atoms with Crippen molar-refractivity contribution in [2.45, 2.75) is 19.1 Å². The first-order valence-corrected chi connectivity index (χ1v) is 7.11. The van der Waals surface area contributed by atoms with E-state index in [2.05, 4.69) is 10.5 Å². The van der Waals surface area contributed by atoms with Gasteiger partial charge in [0.05, 0.1) is 12.3 Å². The Morgan fingerprint density at radius 3 is 2.88 bits per heavy atom. The van der Waals surface area contributed by atoms with E-state index >= 15 is 0 Å². The van der Waals surface area contributed by atoms with Crippen LogP contribution in [0.2, 0.25) is 0 Å². The van der Waals surface area contributed by atoms with Crippen molar-refractivity contribution in [1.82, 2.24) is 5.32 Å². The second-order valence-corrected chi connectivity index (χ2v) is 5.14. The van der Waals surface area contributed by atoms with Gasteiger partial charge in [-0.15, -0.1) is 0 Å². The molecule has 0 unspecified atom stereocenters. The minimum atomic E-state index is -1.18. The second-order valence-electron chi connectivity index (χ2n) is 5.14. The molecule has 3 rings (SSSR count). The number of carbonyl (C=O) groups excluding carboxylic acids is 1. The molecule has 1 aliphatic rings. The Morgan fingerprint density at radius 2 is 2.17 bits per heavy atom. The van der Waals surface area contributed by atoms with Crippen LogP contribution in [0.3, 0.4) is 0 Å². The van der Waals surface area contributed by atoms with E-state index in [9.17, 15) is 14.0 Å². The topological polar surface area (TPSA) is 101 Å². The lowest BCUT2D eigenvalue weighted by molar-refractivity contribution is -0.131. The van der Waals surface area contributed by atoms with Crippen molar-refractivity contribution < 1.29 is 28.3 Å². The van der Waals surface area contributed by atoms with Crippen LogP contribution >= 0.6 is 0 Å². The third-order valence-corrected chi connectivity index (χ3v) is 3.43. The van der Waals surface area contributed by atoms with E-state index in [1.54, 1.807) is 12.1 Å². The number of halogens is 1. The van der Waals surface area contributed by atoms with Crippen molar-refractivity contribution in [2.75, 3.05) is 0 Å². The molecule has 1 atom stereocenters. The summed E-state index contributed by atoms with van der Waals surface area (Å²) in [5.74, 6) is -1.88. The minimum absolute atomic E-state index is 0.0290. The Hall–Kier alpha value is -3.16. The largest absolute Gasteiger partial charge is 0.475 e. The first kappa shape index (κ1) is 15.7. The van der Waals surface area contributed by atoms with Crippen LogP contribution in [0.1, 0.15) is 28.3 Å². The molecule has 124 valence electrons. The Kier molecular flexibility index (Phi) is 4.28. The summed E-state index contributed by atoms with van der Waals surface area (Å²) in [7, 11) is 0. The highest BCUT2D eigenvalue weighted by atomic mass is 19.1. The average Bonchev–Trinajstić information content (AvgIpc) is 3.22. The van der Waals surface area contributed by atoms with Gasteiger partial charge in [-0.2, -0.15) is 0 Å². The number of carbonyl (C=O) groups is 2. The number of oxime groups is 1. The molecule has 2 aromatic rings. The fraction of sp³-hybridized carbons (Fsp3) is 0.188. The third kappa shape index (κ3) is 3.43. The highest BCUT2D eigenvalue weighted by Gasteiger charge is 2.29. The van der Waals surface area contributed by atoms with E-state index in [0.717, 1.165) is 0 Å². The molecule has 0 aliphatic carbocycles. The van der Waals surface area contributed by atoms with Crippen LogP contribution in [0.25, 0.3) is 0 Å². The van der Waals surface area contributed by atoms with Gasteiger partial charge in [-0.25, -0.2) is 9.18 Å². The summed E-state index contributed by atoms with van der Waals surface area (Å²) in [5, 5.41) is 15.2. The maximum absolute atomic E-state index is 13.2. The van der Waals surface area contributed by atoms with Crippen molar-refractivity contribution in [3.63, 3.8) is 0 Å². The van der Waals surface area contributed by atoms with Gasteiger partial charge in [-0.3, -0.25) is 4.79 Å². The Bertz CT molecular complexity index is 814. The zero-order valence-corrected chi connectivity index (χ0v) is 12.4. The lowest BCUT2D eigenvalue weighted by Gasteiger charge is -2.08. The molecular formula is C16H13FN2O5. The zero-order chi connectivity index (χ0) is 17.1. The molecule has 0 spiro atoms. The first-order chi connectivity index (χ1) is 11.5. The molecule has 1 aromatic heterocycles. The molecule has 8 heteroatoms. The fourth-order valence-electron chi connectivity index (χ4n) is 2.23. The summed E-state index contributed by atoms with van der Waals surface area (Å²) in [6.07, 6.45) is -0.606. The summed E-state index contributed by atoms with van der Waals surface area (Å²) in [6, 6.07) is 8.64. The highest BCUT2D eigenvalue weighted by Crippen LogP contribution is 2.18. The molecule has 0 saturated carbocycles. The van der Waals surface area contributed by atoms with Crippen molar-refractivity contribution in [2.24, 2.45) is 5.16 Å². The quantitative estimate of drug-likeness (QED) is 0.871. The van der Waals surface area contributed by atoms with Crippen LogP contribution in [0, 0.1) is 5.82 Å². The van der Waals surface area contributed by atoms with E-state index in [4.69, 9.17) is 14.4 Å². The molecule has 1 aromatic carbocycles. The number of hydrogen-bond donors (Lipinski definition) is 2. The fourth-order valence-corrected chi connectivity index (χ4v) is 2.23. The van der Waals surface area contributed by atoms with Gasteiger partial charge in [-0.1, -0.05) is 17.3 Å². The van der Waals surface area contributed by atoms with E-state index in [-0.39, 0.29) is 18.7 Å². The highest BCUT2D eigenvalue weighted by molar-refractivity contribution is 6.04. The maximum atomic E-state index is 13.2. The van der Waals surface area contributed by atoms with E-state index in [1.165, 1.54) is 24.3 Å². The molecule has 2 heterocycles. The molecular weight excluding hydrogens is 319 g/mol.